The minimum Gasteiger partial charge on any atom is -0.477 e. The highest BCUT2D eigenvalue weighted by molar-refractivity contribution is 6.03. The summed E-state index contributed by atoms with van der Waals surface area (Å²) in [5.74, 6) is -0.832. The van der Waals surface area contributed by atoms with E-state index in [-0.39, 0.29) is 16.9 Å². The number of benzene rings is 3. The zero-order chi connectivity index (χ0) is 22.4. The topological polar surface area (TPSA) is 119 Å². The molecule has 0 unspecified atom stereocenters. The Morgan fingerprint density at radius 1 is 1.03 bits per heavy atom. The van der Waals surface area contributed by atoms with Crippen LogP contribution in [0.3, 0.4) is 0 Å². The van der Waals surface area contributed by atoms with Crippen LogP contribution in [0.25, 0.3) is 6.08 Å². The number of aliphatic carboxylic acids is 1. The second-order valence-electron chi connectivity index (χ2n) is 6.56. The van der Waals surface area contributed by atoms with Gasteiger partial charge in [-0.15, -0.1) is 0 Å². The second-order valence-corrected chi connectivity index (χ2v) is 6.56. The lowest BCUT2D eigenvalue weighted by atomic mass is 10.1. The molecular weight excluding hydrogens is 400 g/mol. The van der Waals surface area contributed by atoms with Gasteiger partial charge in [-0.2, -0.15) is 0 Å². The number of nitrogens with one attached hydrogen (secondary N) is 1. The van der Waals surface area contributed by atoms with E-state index in [9.17, 15) is 24.8 Å². The molecule has 0 atom stereocenters. The minimum atomic E-state index is -1.35. The summed E-state index contributed by atoms with van der Waals surface area (Å²) in [7, 11) is 0. The van der Waals surface area contributed by atoms with Crippen molar-refractivity contribution in [3.63, 3.8) is 0 Å². The monoisotopic (exact) mass is 418 g/mol. The molecular formula is C23H18N2O6. The molecule has 0 fully saturated rings. The summed E-state index contributed by atoms with van der Waals surface area (Å²) < 4.78 is 5.81. The van der Waals surface area contributed by atoms with E-state index < -0.39 is 16.8 Å². The van der Waals surface area contributed by atoms with Crippen LogP contribution in [0, 0.1) is 17.0 Å². The number of rotatable bonds is 7. The van der Waals surface area contributed by atoms with Gasteiger partial charge in [0.1, 0.15) is 17.2 Å². The number of nitro groups is 1. The average Bonchev–Trinajstić information content (AvgIpc) is 2.76. The minimum absolute atomic E-state index is 0.0247. The van der Waals surface area contributed by atoms with Crippen molar-refractivity contribution in [2.24, 2.45) is 0 Å². The number of para-hydroxylation sites is 1. The van der Waals surface area contributed by atoms with Crippen LogP contribution in [0.1, 0.15) is 21.5 Å². The number of carbonyl (C=O) groups is 2. The van der Waals surface area contributed by atoms with Crippen molar-refractivity contribution in [2.45, 2.75) is 6.92 Å². The molecule has 1 amide bonds. The third-order valence-corrected chi connectivity index (χ3v) is 4.31. The van der Waals surface area contributed by atoms with Crippen molar-refractivity contribution in [3.8, 4) is 11.5 Å². The standard InChI is InChI=1S/C23H18N2O6/c1-15-5-2-3-8-21(15)31-19-11-9-16(10-12-19)13-20(23(27)28)24-22(26)17-6-4-7-18(14-17)25(29)30/h2-14H,1H3,(H,24,26)(H,27,28)/b20-13-. The van der Waals surface area contributed by atoms with Gasteiger partial charge in [-0.05, 0) is 48.4 Å². The number of hydrogen-bond acceptors (Lipinski definition) is 5. The van der Waals surface area contributed by atoms with Gasteiger partial charge in [-0.3, -0.25) is 14.9 Å². The number of carboxylic acid groups (broad SMARTS) is 1. The highest BCUT2D eigenvalue weighted by Gasteiger charge is 2.16. The van der Waals surface area contributed by atoms with E-state index in [0.29, 0.717) is 17.1 Å². The van der Waals surface area contributed by atoms with Crippen molar-refractivity contribution >= 4 is 23.6 Å². The van der Waals surface area contributed by atoms with Crippen LogP contribution in [0.15, 0.2) is 78.5 Å². The van der Waals surface area contributed by atoms with E-state index in [0.717, 1.165) is 11.6 Å². The molecule has 0 spiro atoms. The molecule has 0 heterocycles. The maximum atomic E-state index is 12.4. The summed E-state index contributed by atoms with van der Waals surface area (Å²) in [5.41, 5.74) is 0.836. The lowest BCUT2D eigenvalue weighted by molar-refractivity contribution is -0.384. The first-order valence-corrected chi connectivity index (χ1v) is 9.18. The van der Waals surface area contributed by atoms with Crippen molar-refractivity contribution in [1.82, 2.24) is 5.32 Å². The Balaban J connectivity index is 1.76. The number of nitro benzene ring substituents is 1. The van der Waals surface area contributed by atoms with Gasteiger partial charge >= 0.3 is 5.97 Å². The number of carbonyl (C=O) groups excluding carboxylic acids is 1. The molecule has 3 rings (SSSR count). The largest absolute Gasteiger partial charge is 0.477 e. The van der Waals surface area contributed by atoms with Crippen LogP contribution in [0.4, 0.5) is 5.69 Å². The fourth-order valence-corrected chi connectivity index (χ4v) is 2.70. The molecule has 2 N–H and O–H groups in total. The van der Waals surface area contributed by atoms with E-state index in [4.69, 9.17) is 4.74 Å². The summed E-state index contributed by atoms with van der Waals surface area (Å²) in [6.45, 7) is 1.93. The first kappa shape index (κ1) is 21.3. The van der Waals surface area contributed by atoms with E-state index in [2.05, 4.69) is 5.32 Å². The number of nitrogens with zero attached hydrogens (tertiary/aromatic N) is 1. The number of carboxylic acids is 1. The zero-order valence-corrected chi connectivity index (χ0v) is 16.4. The van der Waals surface area contributed by atoms with Crippen molar-refractivity contribution in [2.75, 3.05) is 0 Å². The fourth-order valence-electron chi connectivity index (χ4n) is 2.70. The summed E-state index contributed by atoms with van der Waals surface area (Å²) in [5, 5.41) is 22.6. The first-order chi connectivity index (χ1) is 14.8. The van der Waals surface area contributed by atoms with Gasteiger partial charge in [0.15, 0.2) is 0 Å². The lowest BCUT2D eigenvalue weighted by Crippen LogP contribution is -2.27. The normalized spacial score (nSPS) is 10.9. The van der Waals surface area contributed by atoms with Crippen LogP contribution >= 0.6 is 0 Å². The van der Waals surface area contributed by atoms with E-state index in [1.807, 2.05) is 31.2 Å². The van der Waals surface area contributed by atoms with Crippen LogP contribution in [-0.2, 0) is 4.79 Å². The predicted molar refractivity (Wildman–Crippen MR) is 114 cm³/mol. The zero-order valence-electron chi connectivity index (χ0n) is 16.4. The molecule has 8 nitrogen and oxygen atoms in total. The van der Waals surface area contributed by atoms with E-state index >= 15 is 0 Å². The SMILES string of the molecule is Cc1ccccc1Oc1ccc(/C=C(\NC(=O)c2cccc([N+](=O)[O-])c2)C(=O)O)cc1. The molecule has 8 heteroatoms. The third-order valence-electron chi connectivity index (χ3n) is 4.31. The molecule has 0 saturated carbocycles. The Morgan fingerprint density at radius 2 is 1.74 bits per heavy atom. The molecule has 156 valence electrons. The summed E-state index contributed by atoms with van der Waals surface area (Å²) in [4.78, 5) is 34.2. The average molecular weight is 418 g/mol. The fraction of sp³-hybridized carbons (Fsp3) is 0.0435. The van der Waals surface area contributed by atoms with Crippen molar-refractivity contribution in [3.05, 3.63) is 105 Å². The number of ether oxygens (including phenoxy) is 1. The Labute approximate surface area is 177 Å². The number of hydrogen-bond donors (Lipinski definition) is 2. The maximum Gasteiger partial charge on any atom is 0.352 e. The molecule has 0 aliphatic heterocycles. The highest BCUT2D eigenvalue weighted by Crippen LogP contribution is 2.25. The van der Waals surface area contributed by atoms with Crippen LogP contribution in [0.5, 0.6) is 11.5 Å². The molecule has 0 bridgehead atoms. The molecule has 0 aliphatic carbocycles. The second kappa shape index (κ2) is 9.36. The van der Waals surface area contributed by atoms with Gasteiger partial charge in [0.05, 0.1) is 4.92 Å². The van der Waals surface area contributed by atoms with Crippen molar-refractivity contribution < 1.29 is 24.4 Å². The summed E-state index contributed by atoms with van der Waals surface area (Å²) >= 11 is 0. The van der Waals surface area contributed by atoms with Gasteiger partial charge in [0.25, 0.3) is 11.6 Å². The third kappa shape index (κ3) is 5.54. The van der Waals surface area contributed by atoms with Gasteiger partial charge in [0.2, 0.25) is 0 Å². The van der Waals surface area contributed by atoms with Crippen LogP contribution in [0.2, 0.25) is 0 Å². The molecule has 3 aromatic rings. The Bertz CT molecular complexity index is 1170. The molecule has 0 radical (unpaired) electrons. The van der Waals surface area contributed by atoms with E-state index in [1.165, 1.54) is 24.3 Å². The lowest BCUT2D eigenvalue weighted by Gasteiger charge is -2.09. The van der Waals surface area contributed by atoms with Gasteiger partial charge in [0, 0.05) is 17.7 Å². The number of amides is 1. The molecule has 31 heavy (non-hydrogen) atoms. The molecule has 0 aliphatic rings. The van der Waals surface area contributed by atoms with E-state index in [1.54, 1.807) is 24.3 Å². The van der Waals surface area contributed by atoms with Crippen LogP contribution < -0.4 is 10.1 Å². The molecule has 0 aromatic heterocycles. The van der Waals surface area contributed by atoms with Gasteiger partial charge in [-0.1, -0.05) is 36.4 Å². The smallest absolute Gasteiger partial charge is 0.352 e. The summed E-state index contributed by atoms with van der Waals surface area (Å²) in [6.07, 6.45) is 1.29. The number of non-ortho nitro benzene ring substituents is 1. The van der Waals surface area contributed by atoms with Gasteiger partial charge in [-0.25, -0.2) is 4.79 Å². The molecule has 0 saturated heterocycles. The quantitative estimate of drug-likeness (QED) is 0.330. The highest BCUT2D eigenvalue weighted by atomic mass is 16.6. The Morgan fingerprint density at radius 3 is 2.39 bits per heavy atom. The maximum absolute atomic E-state index is 12.4. The van der Waals surface area contributed by atoms with Crippen molar-refractivity contribution in [1.29, 1.82) is 0 Å². The predicted octanol–water partition coefficient (Wildman–Crippen LogP) is 4.55. The first-order valence-electron chi connectivity index (χ1n) is 9.18. The van der Waals surface area contributed by atoms with Crippen LogP contribution in [-0.4, -0.2) is 21.9 Å². The number of aryl methyl sites for hydroxylation is 1. The molecule has 3 aromatic carbocycles. The Hall–Kier alpha value is -4.46. The summed E-state index contributed by atoms with van der Waals surface area (Å²) in [6, 6.07) is 19.2. The Kier molecular flexibility index (Phi) is 6.42. The van der Waals surface area contributed by atoms with Gasteiger partial charge < -0.3 is 15.2 Å².